The van der Waals surface area contributed by atoms with E-state index in [0.29, 0.717) is 17.3 Å². The third kappa shape index (κ3) is 4.63. The van der Waals surface area contributed by atoms with Gasteiger partial charge in [-0.2, -0.15) is 0 Å². The predicted molar refractivity (Wildman–Crippen MR) is 144 cm³/mol. The molecule has 0 spiro atoms. The van der Waals surface area contributed by atoms with Gasteiger partial charge in [-0.05, 0) is 61.9 Å². The van der Waals surface area contributed by atoms with Gasteiger partial charge in [-0.15, -0.1) is 0 Å². The van der Waals surface area contributed by atoms with E-state index in [-0.39, 0.29) is 4.90 Å². The topological polar surface area (TPSA) is 58.4 Å². The Morgan fingerprint density at radius 1 is 0.917 bits per heavy atom. The van der Waals surface area contributed by atoms with E-state index in [4.69, 9.17) is 0 Å². The van der Waals surface area contributed by atoms with Crippen molar-refractivity contribution in [2.75, 3.05) is 37.3 Å². The minimum atomic E-state index is -3.48. The molecule has 4 aromatic rings. The molecule has 0 atom stereocenters. The predicted octanol–water partition coefficient (Wildman–Crippen LogP) is 4.98. The lowest BCUT2D eigenvalue weighted by molar-refractivity contribution is 0.209. The number of rotatable bonds is 5. The lowest BCUT2D eigenvalue weighted by Crippen LogP contribution is -2.48. The molecule has 3 heterocycles. The maximum atomic E-state index is 14.9. The van der Waals surface area contributed by atoms with E-state index in [1.807, 2.05) is 23.9 Å². The Labute approximate surface area is 211 Å². The lowest BCUT2D eigenvalue weighted by Gasteiger charge is -2.38. The number of aryl methyl sites for hydroxylation is 1. The van der Waals surface area contributed by atoms with E-state index in [1.165, 1.54) is 17.8 Å². The second-order valence-electron chi connectivity index (χ2n) is 9.79. The van der Waals surface area contributed by atoms with E-state index >= 15 is 0 Å². The molecular formula is C28H31FN4O2S. The van der Waals surface area contributed by atoms with Gasteiger partial charge in [-0.1, -0.05) is 12.1 Å². The Morgan fingerprint density at radius 2 is 1.61 bits per heavy atom. The summed E-state index contributed by atoms with van der Waals surface area (Å²) >= 11 is 0. The lowest BCUT2D eigenvalue weighted by atomic mass is 10.1. The summed E-state index contributed by atoms with van der Waals surface area (Å²) in [6.07, 6.45) is 2.91. The molecule has 0 saturated carbocycles. The van der Waals surface area contributed by atoms with E-state index in [0.717, 1.165) is 60.7 Å². The third-order valence-electron chi connectivity index (χ3n) is 7.15. The first kappa shape index (κ1) is 24.5. The van der Waals surface area contributed by atoms with Crippen LogP contribution in [0.1, 0.15) is 13.8 Å². The summed E-state index contributed by atoms with van der Waals surface area (Å²) < 4.78 is 40.3. The van der Waals surface area contributed by atoms with Gasteiger partial charge in [0.15, 0.2) is 9.84 Å². The van der Waals surface area contributed by atoms with Crippen molar-refractivity contribution in [1.82, 2.24) is 14.5 Å². The molecule has 1 aliphatic heterocycles. The van der Waals surface area contributed by atoms with Crippen LogP contribution in [0.3, 0.4) is 0 Å². The van der Waals surface area contributed by atoms with Gasteiger partial charge in [-0.3, -0.25) is 9.88 Å². The fourth-order valence-corrected chi connectivity index (χ4v) is 5.54. The maximum Gasteiger partial charge on any atom is 0.175 e. The van der Waals surface area contributed by atoms with Crippen molar-refractivity contribution in [3.8, 4) is 22.4 Å². The Bertz CT molecular complexity index is 1520. The number of hydrogen-bond donors (Lipinski definition) is 0. The van der Waals surface area contributed by atoms with Gasteiger partial charge in [0.25, 0.3) is 0 Å². The van der Waals surface area contributed by atoms with Gasteiger partial charge in [-0.25, -0.2) is 12.8 Å². The summed E-state index contributed by atoms with van der Waals surface area (Å²) in [5.41, 5.74) is 5.89. The van der Waals surface area contributed by atoms with Crippen molar-refractivity contribution < 1.29 is 12.8 Å². The standard InChI is InChI=1S/C28H31FN4O2S/c1-19(2)32-11-13-33(14-12-32)22-7-5-20(6-8-22)21-15-28-26(30-18-21)17-27(31(28)3)24-10-9-23(16-25(24)29)36(4,34)35/h5-10,15-19H,11-14H2,1-4H3. The first-order valence-corrected chi connectivity index (χ1v) is 14.1. The molecule has 2 aromatic carbocycles. The second-order valence-corrected chi connectivity index (χ2v) is 11.8. The van der Waals surface area contributed by atoms with Crippen molar-refractivity contribution in [2.24, 2.45) is 7.05 Å². The summed E-state index contributed by atoms with van der Waals surface area (Å²) in [5.74, 6) is -0.575. The van der Waals surface area contributed by atoms with Gasteiger partial charge in [0.2, 0.25) is 0 Å². The number of fused-ring (bicyclic) bond motifs is 1. The van der Waals surface area contributed by atoms with Gasteiger partial charge >= 0.3 is 0 Å². The first-order chi connectivity index (χ1) is 17.1. The SMILES string of the molecule is CC(C)N1CCN(c2ccc(-c3cnc4cc(-c5ccc(S(C)(=O)=O)cc5F)n(C)c4c3)cc2)CC1. The van der Waals surface area contributed by atoms with Gasteiger partial charge < -0.3 is 9.47 Å². The van der Waals surface area contributed by atoms with Gasteiger partial charge in [0, 0.05) is 68.5 Å². The van der Waals surface area contributed by atoms with Crippen molar-refractivity contribution >= 4 is 26.6 Å². The van der Waals surface area contributed by atoms with Crippen LogP contribution in [0.2, 0.25) is 0 Å². The first-order valence-electron chi connectivity index (χ1n) is 12.2. The number of halogens is 1. The van der Waals surface area contributed by atoms with Crippen LogP contribution in [0.4, 0.5) is 10.1 Å². The quantitative estimate of drug-likeness (QED) is 0.382. The van der Waals surface area contributed by atoms with Crippen molar-refractivity contribution in [2.45, 2.75) is 24.8 Å². The highest BCUT2D eigenvalue weighted by Crippen LogP contribution is 2.32. The smallest absolute Gasteiger partial charge is 0.175 e. The molecule has 0 amide bonds. The van der Waals surface area contributed by atoms with Gasteiger partial charge in [0.1, 0.15) is 5.82 Å². The monoisotopic (exact) mass is 506 g/mol. The highest BCUT2D eigenvalue weighted by Gasteiger charge is 2.19. The second kappa shape index (κ2) is 9.33. The molecule has 0 unspecified atom stereocenters. The molecule has 188 valence electrons. The van der Waals surface area contributed by atoms with Crippen molar-refractivity contribution in [3.63, 3.8) is 0 Å². The Hall–Kier alpha value is -3.23. The third-order valence-corrected chi connectivity index (χ3v) is 8.26. The van der Waals surface area contributed by atoms with E-state index in [2.05, 4.69) is 59.0 Å². The molecule has 0 aliphatic carbocycles. The normalized spacial score (nSPS) is 15.2. The van der Waals surface area contributed by atoms with Crippen LogP contribution in [0.15, 0.2) is 65.7 Å². The molecule has 8 heteroatoms. The molecule has 1 fully saturated rings. The Morgan fingerprint density at radius 3 is 2.22 bits per heavy atom. The molecule has 0 radical (unpaired) electrons. The van der Waals surface area contributed by atoms with Crippen LogP contribution < -0.4 is 4.90 Å². The summed E-state index contributed by atoms with van der Waals surface area (Å²) in [4.78, 5) is 9.53. The molecule has 2 aromatic heterocycles. The van der Waals surface area contributed by atoms with Crippen molar-refractivity contribution in [1.29, 1.82) is 0 Å². The Kier molecular flexibility index (Phi) is 6.34. The molecule has 36 heavy (non-hydrogen) atoms. The minimum absolute atomic E-state index is 0.0341. The zero-order valence-electron chi connectivity index (χ0n) is 21.1. The molecule has 1 saturated heterocycles. The number of aromatic nitrogens is 2. The van der Waals surface area contributed by atoms with Crippen LogP contribution in [0, 0.1) is 5.82 Å². The number of hydrogen-bond acceptors (Lipinski definition) is 5. The molecule has 1 aliphatic rings. The van der Waals surface area contributed by atoms with E-state index < -0.39 is 15.7 Å². The number of piperazine rings is 1. The summed E-state index contributed by atoms with van der Waals surface area (Å²) in [6, 6.07) is 17.1. The van der Waals surface area contributed by atoms with Gasteiger partial charge in [0.05, 0.1) is 21.6 Å². The zero-order valence-corrected chi connectivity index (χ0v) is 21.9. The van der Waals surface area contributed by atoms with Crippen molar-refractivity contribution in [3.05, 3.63) is 66.6 Å². The molecule has 6 nitrogen and oxygen atoms in total. The maximum absolute atomic E-state index is 14.9. The van der Waals surface area contributed by atoms with Crippen LogP contribution >= 0.6 is 0 Å². The van der Waals surface area contributed by atoms with Crippen LogP contribution in [-0.4, -0.2) is 61.3 Å². The average Bonchev–Trinajstić information content (AvgIpc) is 3.19. The number of pyridine rings is 1. The van der Waals surface area contributed by atoms with E-state index in [9.17, 15) is 12.8 Å². The van der Waals surface area contributed by atoms with Crippen LogP contribution in [-0.2, 0) is 16.9 Å². The molecule has 5 rings (SSSR count). The number of nitrogens with zero attached hydrogens (tertiary/aromatic N) is 4. The molecule has 0 N–H and O–H groups in total. The van der Waals surface area contributed by atoms with Crippen LogP contribution in [0.25, 0.3) is 33.4 Å². The number of anilines is 1. The minimum Gasteiger partial charge on any atom is -0.369 e. The average molecular weight is 507 g/mol. The number of benzene rings is 2. The fourth-order valence-electron chi connectivity index (χ4n) is 4.91. The zero-order chi connectivity index (χ0) is 25.6. The highest BCUT2D eigenvalue weighted by molar-refractivity contribution is 7.90. The fraction of sp³-hybridized carbons (Fsp3) is 0.321. The number of sulfone groups is 1. The van der Waals surface area contributed by atoms with E-state index in [1.54, 1.807) is 0 Å². The summed E-state index contributed by atoms with van der Waals surface area (Å²) in [6.45, 7) is 8.70. The highest BCUT2D eigenvalue weighted by atomic mass is 32.2. The molecule has 0 bridgehead atoms. The summed E-state index contributed by atoms with van der Waals surface area (Å²) in [7, 11) is -1.61. The summed E-state index contributed by atoms with van der Waals surface area (Å²) in [5, 5.41) is 0. The van der Waals surface area contributed by atoms with Crippen LogP contribution in [0.5, 0.6) is 0 Å². The largest absolute Gasteiger partial charge is 0.369 e. The Balaban J connectivity index is 1.41. The molecular weight excluding hydrogens is 475 g/mol.